The second-order valence-electron chi connectivity index (χ2n) is 4.18. The standard InChI is InChI=1S/C15H12ClNS/c1-2-10-3-5-11(6-4-10)15-17-13-8-7-12(16)9-14(13)18-15/h3-9H,2H2,1H3. The molecule has 0 aliphatic heterocycles. The molecule has 0 amide bonds. The van der Waals surface area contributed by atoms with E-state index in [0.29, 0.717) is 0 Å². The van der Waals surface area contributed by atoms with E-state index < -0.39 is 0 Å². The Morgan fingerprint density at radius 1 is 1.11 bits per heavy atom. The third-order valence-corrected chi connectivity index (χ3v) is 4.26. The Balaban J connectivity index is 2.07. The Kier molecular flexibility index (Phi) is 3.06. The molecule has 0 N–H and O–H groups in total. The van der Waals surface area contributed by atoms with Crippen LogP contribution in [0.15, 0.2) is 42.5 Å². The molecule has 90 valence electrons. The molecule has 1 nitrogen and oxygen atoms in total. The van der Waals surface area contributed by atoms with E-state index in [4.69, 9.17) is 11.6 Å². The largest absolute Gasteiger partial charge is 0.236 e. The van der Waals surface area contributed by atoms with Gasteiger partial charge in [-0.25, -0.2) is 4.98 Å². The van der Waals surface area contributed by atoms with Crippen LogP contribution in [0.1, 0.15) is 12.5 Å². The monoisotopic (exact) mass is 273 g/mol. The van der Waals surface area contributed by atoms with Crippen LogP contribution in [0.2, 0.25) is 5.02 Å². The Morgan fingerprint density at radius 3 is 2.61 bits per heavy atom. The van der Waals surface area contributed by atoms with E-state index in [1.54, 1.807) is 11.3 Å². The van der Waals surface area contributed by atoms with Crippen LogP contribution in [0, 0.1) is 0 Å². The van der Waals surface area contributed by atoms with E-state index in [9.17, 15) is 0 Å². The van der Waals surface area contributed by atoms with E-state index >= 15 is 0 Å². The molecule has 3 heteroatoms. The first-order chi connectivity index (χ1) is 8.76. The molecule has 18 heavy (non-hydrogen) atoms. The number of aromatic nitrogens is 1. The van der Waals surface area contributed by atoms with E-state index in [0.717, 1.165) is 26.7 Å². The highest BCUT2D eigenvalue weighted by Crippen LogP contribution is 2.31. The van der Waals surface area contributed by atoms with Gasteiger partial charge in [0.2, 0.25) is 0 Å². The molecule has 1 heterocycles. The maximum Gasteiger partial charge on any atom is 0.124 e. The highest BCUT2D eigenvalue weighted by atomic mass is 35.5. The maximum atomic E-state index is 5.99. The van der Waals surface area contributed by atoms with Crippen LogP contribution in [0.25, 0.3) is 20.8 Å². The SMILES string of the molecule is CCc1ccc(-c2nc3ccc(Cl)cc3s2)cc1. The lowest BCUT2D eigenvalue weighted by Crippen LogP contribution is -1.80. The molecule has 1 aromatic heterocycles. The first-order valence-corrected chi connectivity index (χ1v) is 7.11. The summed E-state index contributed by atoms with van der Waals surface area (Å²) in [5.41, 5.74) is 3.53. The number of nitrogens with zero attached hydrogens (tertiary/aromatic N) is 1. The highest BCUT2D eigenvalue weighted by Gasteiger charge is 2.06. The van der Waals surface area contributed by atoms with Crippen LogP contribution in [-0.4, -0.2) is 4.98 Å². The summed E-state index contributed by atoms with van der Waals surface area (Å²) < 4.78 is 1.14. The van der Waals surface area contributed by atoms with Crippen LogP contribution in [0.4, 0.5) is 0 Å². The summed E-state index contributed by atoms with van der Waals surface area (Å²) in [4.78, 5) is 4.64. The summed E-state index contributed by atoms with van der Waals surface area (Å²) in [6.07, 6.45) is 1.07. The third kappa shape index (κ3) is 2.14. The van der Waals surface area contributed by atoms with Crippen LogP contribution in [0.3, 0.4) is 0 Å². The molecule has 2 aromatic carbocycles. The molecule has 0 radical (unpaired) electrons. The second kappa shape index (κ2) is 4.71. The molecule has 0 aliphatic carbocycles. The Morgan fingerprint density at radius 2 is 1.89 bits per heavy atom. The average molecular weight is 274 g/mol. The Labute approximate surface area is 115 Å². The van der Waals surface area contributed by atoms with Gasteiger partial charge in [-0.3, -0.25) is 0 Å². The molecule has 0 spiro atoms. The van der Waals surface area contributed by atoms with Crippen LogP contribution in [-0.2, 0) is 6.42 Å². The van der Waals surface area contributed by atoms with E-state index in [1.165, 1.54) is 11.1 Å². The van der Waals surface area contributed by atoms with Gasteiger partial charge in [-0.1, -0.05) is 42.8 Å². The summed E-state index contributed by atoms with van der Waals surface area (Å²) in [6, 6.07) is 14.4. The number of fused-ring (bicyclic) bond motifs is 1. The number of rotatable bonds is 2. The molecule has 0 saturated carbocycles. The molecular weight excluding hydrogens is 262 g/mol. The summed E-state index contributed by atoms with van der Waals surface area (Å²) in [7, 11) is 0. The summed E-state index contributed by atoms with van der Waals surface area (Å²) in [6.45, 7) is 2.16. The van der Waals surface area contributed by atoms with Gasteiger partial charge in [0.25, 0.3) is 0 Å². The maximum absolute atomic E-state index is 5.99. The zero-order chi connectivity index (χ0) is 12.5. The lowest BCUT2D eigenvalue weighted by atomic mass is 10.1. The molecule has 0 unspecified atom stereocenters. The number of aryl methyl sites for hydroxylation is 1. The minimum atomic E-state index is 0.763. The van der Waals surface area contributed by atoms with Crippen molar-refractivity contribution in [2.24, 2.45) is 0 Å². The number of halogens is 1. The van der Waals surface area contributed by atoms with Crippen molar-refractivity contribution in [2.75, 3.05) is 0 Å². The normalized spacial score (nSPS) is 11.0. The fraction of sp³-hybridized carbons (Fsp3) is 0.133. The van der Waals surface area contributed by atoms with Crippen molar-refractivity contribution in [3.05, 3.63) is 53.1 Å². The number of hydrogen-bond acceptors (Lipinski definition) is 2. The average Bonchev–Trinajstić information content (AvgIpc) is 2.81. The van der Waals surface area contributed by atoms with Gasteiger partial charge in [0.15, 0.2) is 0 Å². The molecule has 0 bridgehead atoms. The fourth-order valence-electron chi connectivity index (χ4n) is 1.90. The van der Waals surface area contributed by atoms with Crippen LogP contribution < -0.4 is 0 Å². The van der Waals surface area contributed by atoms with Gasteiger partial charge in [0.1, 0.15) is 5.01 Å². The van der Waals surface area contributed by atoms with Crippen molar-refractivity contribution in [1.82, 2.24) is 4.98 Å². The zero-order valence-corrected chi connectivity index (χ0v) is 11.6. The molecule has 0 aliphatic rings. The smallest absolute Gasteiger partial charge is 0.124 e. The van der Waals surface area contributed by atoms with E-state index in [-0.39, 0.29) is 0 Å². The quantitative estimate of drug-likeness (QED) is 0.627. The molecule has 3 aromatic rings. The van der Waals surface area contributed by atoms with Crippen molar-refractivity contribution in [3.8, 4) is 10.6 Å². The first kappa shape index (κ1) is 11.7. The topological polar surface area (TPSA) is 12.9 Å². The van der Waals surface area contributed by atoms with Gasteiger partial charge >= 0.3 is 0 Å². The number of thiazole rings is 1. The molecular formula is C15H12ClNS. The first-order valence-electron chi connectivity index (χ1n) is 5.91. The molecule has 0 saturated heterocycles. The molecule has 3 rings (SSSR count). The van der Waals surface area contributed by atoms with Crippen molar-refractivity contribution < 1.29 is 0 Å². The lowest BCUT2D eigenvalue weighted by molar-refractivity contribution is 1.14. The van der Waals surface area contributed by atoms with Gasteiger partial charge in [0.05, 0.1) is 10.2 Å². The third-order valence-electron chi connectivity index (χ3n) is 2.96. The van der Waals surface area contributed by atoms with Crippen LogP contribution in [0.5, 0.6) is 0 Å². The number of hydrogen-bond donors (Lipinski definition) is 0. The summed E-state index contributed by atoms with van der Waals surface area (Å²) >= 11 is 7.67. The minimum Gasteiger partial charge on any atom is -0.236 e. The minimum absolute atomic E-state index is 0.763. The van der Waals surface area contributed by atoms with Gasteiger partial charge < -0.3 is 0 Å². The van der Waals surface area contributed by atoms with Gasteiger partial charge in [0, 0.05) is 10.6 Å². The van der Waals surface area contributed by atoms with Crippen molar-refractivity contribution in [2.45, 2.75) is 13.3 Å². The molecule has 0 atom stereocenters. The van der Waals surface area contributed by atoms with Gasteiger partial charge in [-0.2, -0.15) is 0 Å². The van der Waals surface area contributed by atoms with Gasteiger partial charge in [-0.05, 0) is 30.2 Å². The second-order valence-corrected chi connectivity index (χ2v) is 5.65. The number of benzene rings is 2. The van der Waals surface area contributed by atoms with Crippen molar-refractivity contribution in [1.29, 1.82) is 0 Å². The molecule has 0 fully saturated rings. The zero-order valence-electron chi connectivity index (χ0n) is 9.98. The van der Waals surface area contributed by atoms with Crippen molar-refractivity contribution >= 4 is 33.2 Å². The highest BCUT2D eigenvalue weighted by molar-refractivity contribution is 7.21. The van der Waals surface area contributed by atoms with E-state index in [2.05, 4.69) is 36.2 Å². The Bertz CT molecular complexity index is 685. The van der Waals surface area contributed by atoms with Crippen molar-refractivity contribution in [3.63, 3.8) is 0 Å². The lowest BCUT2D eigenvalue weighted by Gasteiger charge is -1.98. The van der Waals surface area contributed by atoms with Gasteiger partial charge in [-0.15, -0.1) is 11.3 Å². The van der Waals surface area contributed by atoms with Crippen LogP contribution >= 0.6 is 22.9 Å². The Hall–Kier alpha value is -1.38. The predicted molar refractivity (Wildman–Crippen MR) is 79.4 cm³/mol. The van der Waals surface area contributed by atoms with E-state index in [1.807, 2.05) is 18.2 Å². The predicted octanol–water partition coefficient (Wildman–Crippen LogP) is 5.18. The summed E-state index contributed by atoms with van der Waals surface area (Å²) in [5, 5.41) is 1.81. The summed E-state index contributed by atoms with van der Waals surface area (Å²) in [5.74, 6) is 0. The fourth-order valence-corrected chi connectivity index (χ4v) is 3.15.